The molecule has 1 aromatic rings. The summed E-state index contributed by atoms with van der Waals surface area (Å²) < 4.78 is 0. The van der Waals surface area contributed by atoms with Gasteiger partial charge in [0.25, 0.3) is 5.69 Å². The highest BCUT2D eigenvalue weighted by Gasteiger charge is 2.12. The summed E-state index contributed by atoms with van der Waals surface area (Å²) in [5, 5.41) is 10.5. The quantitative estimate of drug-likeness (QED) is 0.568. The van der Waals surface area contributed by atoms with Gasteiger partial charge in [0.15, 0.2) is 0 Å². The first-order chi connectivity index (χ1) is 7.11. The van der Waals surface area contributed by atoms with Gasteiger partial charge in [-0.25, -0.2) is 0 Å². The molecule has 1 rings (SSSR count). The van der Waals surface area contributed by atoms with Crippen LogP contribution in [0.2, 0.25) is 0 Å². The fourth-order valence-electron chi connectivity index (χ4n) is 1.11. The van der Waals surface area contributed by atoms with E-state index in [0.29, 0.717) is 5.56 Å². The lowest BCUT2D eigenvalue weighted by Gasteiger charge is -1.98. The zero-order valence-corrected chi connectivity index (χ0v) is 9.19. The van der Waals surface area contributed by atoms with E-state index in [1.807, 2.05) is 13.8 Å². The van der Waals surface area contributed by atoms with Crippen LogP contribution in [0.3, 0.4) is 0 Å². The Morgan fingerprint density at radius 2 is 1.87 bits per heavy atom. The first-order valence-electron chi connectivity index (χ1n) is 4.83. The number of Topliss-reactive ketones (excluding diaryl/α,β-unsaturated/α-hetero) is 1. The van der Waals surface area contributed by atoms with Gasteiger partial charge in [-0.2, -0.15) is 0 Å². The fraction of sp³-hybridized carbons (Fsp3) is 0.364. The molecule has 0 heterocycles. The zero-order valence-electron chi connectivity index (χ0n) is 9.19. The van der Waals surface area contributed by atoms with Crippen molar-refractivity contribution in [2.45, 2.75) is 27.2 Å². The van der Waals surface area contributed by atoms with E-state index in [-0.39, 0.29) is 17.9 Å². The highest BCUT2D eigenvalue weighted by molar-refractivity contribution is 5.79. The van der Waals surface area contributed by atoms with E-state index in [1.165, 1.54) is 13.0 Å². The minimum absolute atomic E-state index is 0.0118. The van der Waals surface area contributed by atoms with E-state index in [1.54, 1.807) is 18.2 Å². The van der Waals surface area contributed by atoms with Crippen LogP contribution in [-0.2, 0) is 11.2 Å². The average Bonchev–Trinajstić information content (AvgIpc) is 2.20. The van der Waals surface area contributed by atoms with Crippen LogP contribution in [-0.4, -0.2) is 10.7 Å². The first kappa shape index (κ1) is 13.3. The van der Waals surface area contributed by atoms with Crippen LogP contribution in [0.4, 0.5) is 5.69 Å². The third-order valence-corrected chi connectivity index (χ3v) is 1.63. The lowest BCUT2D eigenvalue weighted by Crippen LogP contribution is -2.00. The molecule has 0 aliphatic heterocycles. The molecule has 4 heteroatoms. The third kappa shape index (κ3) is 4.35. The number of nitro groups is 1. The van der Waals surface area contributed by atoms with E-state index in [0.717, 1.165) is 0 Å². The Balaban J connectivity index is 0.000000921. The van der Waals surface area contributed by atoms with E-state index in [2.05, 4.69) is 0 Å². The fourth-order valence-corrected chi connectivity index (χ4v) is 1.11. The third-order valence-electron chi connectivity index (χ3n) is 1.63. The van der Waals surface area contributed by atoms with Gasteiger partial charge in [0.2, 0.25) is 0 Å². The molecule has 0 amide bonds. The van der Waals surface area contributed by atoms with Crippen LogP contribution in [0.5, 0.6) is 0 Å². The predicted molar refractivity (Wildman–Crippen MR) is 58.8 cm³/mol. The molecule has 0 unspecified atom stereocenters. The van der Waals surface area contributed by atoms with Gasteiger partial charge in [-0.05, 0) is 6.92 Å². The molecule has 82 valence electrons. The van der Waals surface area contributed by atoms with Crippen LogP contribution >= 0.6 is 0 Å². The molecular formula is C11H15NO3. The summed E-state index contributed by atoms with van der Waals surface area (Å²) in [4.78, 5) is 20.8. The minimum atomic E-state index is -0.474. The summed E-state index contributed by atoms with van der Waals surface area (Å²) in [6.07, 6.45) is 0.122. The van der Waals surface area contributed by atoms with Gasteiger partial charge >= 0.3 is 0 Å². The molecule has 0 aliphatic rings. The number of hydrogen-bond acceptors (Lipinski definition) is 3. The largest absolute Gasteiger partial charge is 0.300 e. The Labute approximate surface area is 89.1 Å². The molecule has 0 bridgehead atoms. The molecule has 0 spiro atoms. The first-order valence-corrected chi connectivity index (χ1v) is 4.83. The topological polar surface area (TPSA) is 60.2 Å². The monoisotopic (exact) mass is 209 g/mol. The molecule has 4 nitrogen and oxygen atoms in total. The Morgan fingerprint density at radius 1 is 1.33 bits per heavy atom. The van der Waals surface area contributed by atoms with Crippen LogP contribution in [0, 0.1) is 10.1 Å². The molecule has 0 saturated carbocycles. The van der Waals surface area contributed by atoms with Gasteiger partial charge in [0.05, 0.1) is 4.92 Å². The second-order valence-corrected chi connectivity index (χ2v) is 2.76. The van der Waals surface area contributed by atoms with Gasteiger partial charge in [0.1, 0.15) is 5.78 Å². The molecule has 0 fully saturated rings. The summed E-state index contributed by atoms with van der Waals surface area (Å²) in [6.45, 7) is 5.41. The molecule has 0 aromatic heterocycles. The van der Waals surface area contributed by atoms with E-state index in [9.17, 15) is 14.9 Å². The molecule has 0 atom stereocenters. The maximum atomic E-state index is 10.8. The number of benzene rings is 1. The number of carbonyl (C=O) groups is 1. The van der Waals surface area contributed by atoms with E-state index in [4.69, 9.17) is 0 Å². The van der Waals surface area contributed by atoms with Gasteiger partial charge in [0, 0.05) is 18.1 Å². The molecule has 1 aromatic carbocycles. The van der Waals surface area contributed by atoms with Crippen molar-refractivity contribution in [3.63, 3.8) is 0 Å². The van der Waals surface area contributed by atoms with Crippen molar-refractivity contribution in [3.8, 4) is 0 Å². The van der Waals surface area contributed by atoms with Crippen molar-refractivity contribution in [1.82, 2.24) is 0 Å². The van der Waals surface area contributed by atoms with Crippen molar-refractivity contribution in [2.24, 2.45) is 0 Å². The van der Waals surface area contributed by atoms with Crippen LogP contribution in [0.1, 0.15) is 26.3 Å². The molecule has 0 radical (unpaired) electrons. The number of carbonyl (C=O) groups excluding carboxylic acids is 1. The highest BCUT2D eigenvalue weighted by Crippen LogP contribution is 2.17. The van der Waals surface area contributed by atoms with Crippen molar-refractivity contribution < 1.29 is 9.72 Å². The molecule has 0 aliphatic carbocycles. The van der Waals surface area contributed by atoms with Crippen LogP contribution in [0.25, 0.3) is 0 Å². The average molecular weight is 209 g/mol. The summed E-state index contributed by atoms with van der Waals surface area (Å²) in [5.74, 6) is -0.0747. The van der Waals surface area contributed by atoms with Gasteiger partial charge in [-0.15, -0.1) is 0 Å². The number of para-hydroxylation sites is 1. The van der Waals surface area contributed by atoms with Crippen molar-refractivity contribution in [2.75, 3.05) is 0 Å². The molecule has 0 N–H and O–H groups in total. The van der Waals surface area contributed by atoms with Gasteiger partial charge in [-0.3, -0.25) is 14.9 Å². The smallest absolute Gasteiger partial charge is 0.273 e. The summed E-state index contributed by atoms with van der Waals surface area (Å²) in [5.41, 5.74) is 0.484. The molecule has 15 heavy (non-hydrogen) atoms. The van der Waals surface area contributed by atoms with Crippen LogP contribution in [0.15, 0.2) is 24.3 Å². The van der Waals surface area contributed by atoms with Crippen molar-refractivity contribution in [1.29, 1.82) is 0 Å². The molecule has 0 saturated heterocycles. The standard InChI is InChI=1S/C9H9NO3.C2H6/c1-7(11)6-8-4-2-3-5-9(8)10(12)13;1-2/h2-5H,6H2,1H3;1-2H3. The highest BCUT2D eigenvalue weighted by atomic mass is 16.6. The van der Waals surface area contributed by atoms with Crippen molar-refractivity contribution >= 4 is 11.5 Å². The van der Waals surface area contributed by atoms with Gasteiger partial charge < -0.3 is 0 Å². The minimum Gasteiger partial charge on any atom is -0.300 e. The SMILES string of the molecule is CC.CC(=O)Cc1ccccc1[N+](=O)[O-]. The Bertz CT molecular complexity index is 347. The lowest BCUT2D eigenvalue weighted by molar-refractivity contribution is -0.385. The lowest BCUT2D eigenvalue weighted by atomic mass is 10.1. The predicted octanol–water partition coefficient (Wildman–Crippen LogP) is 2.75. The van der Waals surface area contributed by atoms with Crippen molar-refractivity contribution in [3.05, 3.63) is 39.9 Å². The van der Waals surface area contributed by atoms with Crippen LogP contribution < -0.4 is 0 Å². The normalized spacial score (nSPS) is 8.73. The molecular weight excluding hydrogens is 194 g/mol. The number of nitrogens with zero attached hydrogens (tertiary/aromatic N) is 1. The number of nitro benzene ring substituents is 1. The van der Waals surface area contributed by atoms with E-state index < -0.39 is 4.92 Å². The number of rotatable bonds is 3. The second-order valence-electron chi connectivity index (χ2n) is 2.76. The van der Waals surface area contributed by atoms with Gasteiger partial charge in [-0.1, -0.05) is 32.0 Å². The summed E-state index contributed by atoms with van der Waals surface area (Å²) in [6, 6.07) is 6.27. The summed E-state index contributed by atoms with van der Waals surface area (Å²) >= 11 is 0. The Morgan fingerprint density at radius 3 is 2.33 bits per heavy atom. The maximum Gasteiger partial charge on any atom is 0.273 e. The maximum absolute atomic E-state index is 10.8. The summed E-state index contributed by atoms with van der Waals surface area (Å²) in [7, 11) is 0. The van der Waals surface area contributed by atoms with E-state index >= 15 is 0 Å². The Hall–Kier alpha value is -1.71. The second kappa shape index (κ2) is 6.70. The Kier molecular flexibility index (Phi) is 5.94. The number of hydrogen-bond donors (Lipinski definition) is 0. The zero-order chi connectivity index (χ0) is 11.8. The number of ketones is 1.